The van der Waals surface area contributed by atoms with Gasteiger partial charge in [0.1, 0.15) is 0 Å². The van der Waals surface area contributed by atoms with Gasteiger partial charge in [0.25, 0.3) is 0 Å². The SMILES string of the molecule is CCCNCc1ccc(SC2COC2)c(C)c1. The van der Waals surface area contributed by atoms with Gasteiger partial charge >= 0.3 is 0 Å². The van der Waals surface area contributed by atoms with Gasteiger partial charge in [-0.1, -0.05) is 19.1 Å². The Balaban J connectivity index is 1.90. The van der Waals surface area contributed by atoms with Gasteiger partial charge in [0.05, 0.1) is 18.5 Å². The van der Waals surface area contributed by atoms with E-state index in [2.05, 4.69) is 37.4 Å². The van der Waals surface area contributed by atoms with Crippen molar-refractivity contribution in [1.82, 2.24) is 5.32 Å². The first-order chi connectivity index (χ1) is 8.29. The van der Waals surface area contributed by atoms with E-state index in [-0.39, 0.29) is 0 Å². The third-order valence-electron chi connectivity index (χ3n) is 2.90. The summed E-state index contributed by atoms with van der Waals surface area (Å²) in [6, 6.07) is 6.78. The number of aryl methyl sites for hydroxylation is 1. The van der Waals surface area contributed by atoms with Crippen LogP contribution in [0.1, 0.15) is 24.5 Å². The number of benzene rings is 1. The molecule has 3 heteroatoms. The largest absolute Gasteiger partial charge is 0.379 e. The van der Waals surface area contributed by atoms with Crippen molar-refractivity contribution in [2.45, 2.75) is 37.0 Å². The summed E-state index contributed by atoms with van der Waals surface area (Å²) < 4.78 is 5.21. The molecule has 0 unspecified atom stereocenters. The molecule has 1 N–H and O–H groups in total. The summed E-state index contributed by atoms with van der Waals surface area (Å²) >= 11 is 1.95. The second-order valence-corrected chi connectivity index (χ2v) is 5.90. The van der Waals surface area contributed by atoms with Crippen LogP contribution >= 0.6 is 11.8 Å². The van der Waals surface area contributed by atoms with Crippen LogP contribution in [0.5, 0.6) is 0 Å². The summed E-state index contributed by atoms with van der Waals surface area (Å²) in [5, 5.41) is 4.10. The van der Waals surface area contributed by atoms with Crippen LogP contribution in [0, 0.1) is 6.92 Å². The van der Waals surface area contributed by atoms with Crippen LogP contribution in [0.3, 0.4) is 0 Å². The summed E-state index contributed by atoms with van der Waals surface area (Å²) in [6.45, 7) is 8.28. The molecular formula is C14H21NOS. The zero-order valence-corrected chi connectivity index (χ0v) is 11.5. The third-order valence-corrected chi connectivity index (χ3v) is 4.21. The van der Waals surface area contributed by atoms with Crippen LogP contribution in [-0.2, 0) is 11.3 Å². The molecule has 1 saturated heterocycles. The van der Waals surface area contributed by atoms with Crippen LogP contribution in [0.2, 0.25) is 0 Å². The quantitative estimate of drug-likeness (QED) is 0.785. The van der Waals surface area contributed by atoms with E-state index in [1.165, 1.54) is 22.4 Å². The number of hydrogen-bond acceptors (Lipinski definition) is 3. The molecule has 2 nitrogen and oxygen atoms in total. The zero-order chi connectivity index (χ0) is 12.1. The Labute approximate surface area is 108 Å². The van der Waals surface area contributed by atoms with Crippen LogP contribution in [-0.4, -0.2) is 25.0 Å². The second kappa shape index (κ2) is 6.43. The smallest absolute Gasteiger partial charge is 0.0611 e. The topological polar surface area (TPSA) is 21.3 Å². The van der Waals surface area contributed by atoms with Gasteiger partial charge in [-0.15, -0.1) is 11.8 Å². The van der Waals surface area contributed by atoms with Gasteiger partial charge in [0, 0.05) is 11.4 Å². The molecule has 94 valence electrons. The van der Waals surface area contributed by atoms with E-state index >= 15 is 0 Å². The zero-order valence-electron chi connectivity index (χ0n) is 10.7. The number of hydrogen-bond donors (Lipinski definition) is 1. The Morgan fingerprint density at radius 3 is 2.82 bits per heavy atom. The molecule has 17 heavy (non-hydrogen) atoms. The number of ether oxygens (including phenoxy) is 1. The van der Waals surface area contributed by atoms with Gasteiger partial charge in [0.2, 0.25) is 0 Å². The maximum Gasteiger partial charge on any atom is 0.0611 e. The van der Waals surface area contributed by atoms with Crippen LogP contribution < -0.4 is 5.32 Å². The van der Waals surface area contributed by atoms with Gasteiger partial charge in [0.15, 0.2) is 0 Å². The number of rotatable bonds is 6. The molecular weight excluding hydrogens is 230 g/mol. The second-order valence-electron chi connectivity index (χ2n) is 4.55. The minimum absolute atomic E-state index is 0.665. The first kappa shape index (κ1) is 12.9. The van der Waals surface area contributed by atoms with Gasteiger partial charge in [-0.25, -0.2) is 0 Å². The molecule has 1 aromatic carbocycles. The Morgan fingerprint density at radius 1 is 1.41 bits per heavy atom. The minimum atomic E-state index is 0.665. The summed E-state index contributed by atoms with van der Waals surface area (Å²) in [5.74, 6) is 0. The highest BCUT2D eigenvalue weighted by Gasteiger charge is 2.20. The Morgan fingerprint density at radius 2 is 2.24 bits per heavy atom. The molecule has 0 aromatic heterocycles. The van der Waals surface area contributed by atoms with E-state index in [1.54, 1.807) is 0 Å². The Bertz CT molecular complexity index is 363. The summed E-state index contributed by atoms with van der Waals surface area (Å²) in [4.78, 5) is 1.40. The molecule has 0 bridgehead atoms. The van der Waals surface area contributed by atoms with E-state index in [0.717, 1.165) is 26.3 Å². The monoisotopic (exact) mass is 251 g/mol. The number of nitrogens with one attached hydrogen (secondary N) is 1. The van der Waals surface area contributed by atoms with Gasteiger partial charge in [-0.3, -0.25) is 0 Å². The summed E-state index contributed by atoms with van der Waals surface area (Å²) in [6.07, 6.45) is 1.19. The predicted molar refractivity (Wildman–Crippen MR) is 73.6 cm³/mol. The molecule has 1 aliphatic rings. The van der Waals surface area contributed by atoms with Crippen molar-refractivity contribution in [3.63, 3.8) is 0 Å². The molecule has 0 amide bonds. The normalized spacial score (nSPS) is 15.9. The standard InChI is InChI=1S/C14H21NOS/c1-3-6-15-8-12-4-5-14(11(2)7-12)17-13-9-16-10-13/h4-5,7,13,15H,3,6,8-10H2,1-2H3. The fourth-order valence-electron chi connectivity index (χ4n) is 1.82. The predicted octanol–water partition coefficient (Wildman–Crippen LogP) is 2.99. The first-order valence-corrected chi connectivity index (χ1v) is 7.22. The molecule has 0 aliphatic carbocycles. The van der Waals surface area contributed by atoms with Crippen LogP contribution in [0.15, 0.2) is 23.1 Å². The summed E-state index contributed by atoms with van der Waals surface area (Å²) in [5.41, 5.74) is 2.77. The maximum atomic E-state index is 5.21. The minimum Gasteiger partial charge on any atom is -0.379 e. The number of thioether (sulfide) groups is 1. The molecule has 0 radical (unpaired) electrons. The van der Waals surface area contributed by atoms with Gasteiger partial charge in [-0.2, -0.15) is 0 Å². The average Bonchev–Trinajstić information content (AvgIpc) is 2.26. The molecule has 1 aromatic rings. The van der Waals surface area contributed by atoms with Crippen molar-refractivity contribution >= 4 is 11.8 Å². The van der Waals surface area contributed by atoms with Crippen LogP contribution in [0.25, 0.3) is 0 Å². The van der Waals surface area contributed by atoms with E-state index in [4.69, 9.17) is 4.74 Å². The van der Waals surface area contributed by atoms with Crippen molar-refractivity contribution < 1.29 is 4.74 Å². The molecule has 2 rings (SSSR count). The highest BCUT2D eigenvalue weighted by atomic mass is 32.2. The molecule has 0 spiro atoms. The van der Waals surface area contributed by atoms with E-state index in [9.17, 15) is 0 Å². The molecule has 0 atom stereocenters. The highest BCUT2D eigenvalue weighted by molar-refractivity contribution is 8.00. The van der Waals surface area contributed by atoms with E-state index < -0.39 is 0 Å². The van der Waals surface area contributed by atoms with E-state index in [0.29, 0.717) is 5.25 Å². The average molecular weight is 251 g/mol. The lowest BCUT2D eigenvalue weighted by atomic mass is 10.1. The lowest BCUT2D eigenvalue weighted by molar-refractivity contribution is 0.0455. The lowest BCUT2D eigenvalue weighted by Crippen LogP contribution is -2.30. The van der Waals surface area contributed by atoms with Gasteiger partial charge < -0.3 is 10.1 Å². The molecule has 0 saturated carbocycles. The molecule has 1 heterocycles. The van der Waals surface area contributed by atoms with Gasteiger partial charge in [-0.05, 0) is 37.1 Å². The van der Waals surface area contributed by atoms with E-state index in [1.807, 2.05) is 11.8 Å². The Hall–Kier alpha value is -0.510. The van der Waals surface area contributed by atoms with Crippen molar-refractivity contribution in [3.05, 3.63) is 29.3 Å². The first-order valence-electron chi connectivity index (χ1n) is 6.34. The van der Waals surface area contributed by atoms with Crippen molar-refractivity contribution in [1.29, 1.82) is 0 Å². The van der Waals surface area contributed by atoms with Crippen molar-refractivity contribution in [3.8, 4) is 0 Å². The molecule has 1 fully saturated rings. The van der Waals surface area contributed by atoms with Crippen LogP contribution in [0.4, 0.5) is 0 Å². The maximum absolute atomic E-state index is 5.21. The fourth-order valence-corrected chi connectivity index (χ4v) is 2.90. The lowest BCUT2D eigenvalue weighted by Gasteiger charge is -2.25. The summed E-state index contributed by atoms with van der Waals surface area (Å²) in [7, 11) is 0. The molecule has 1 aliphatic heterocycles. The fraction of sp³-hybridized carbons (Fsp3) is 0.571. The Kier molecular flexibility index (Phi) is 4.89. The third kappa shape index (κ3) is 3.73. The highest BCUT2D eigenvalue weighted by Crippen LogP contribution is 2.30. The van der Waals surface area contributed by atoms with Crippen molar-refractivity contribution in [2.75, 3.05) is 19.8 Å². The van der Waals surface area contributed by atoms with Crippen molar-refractivity contribution in [2.24, 2.45) is 0 Å².